The first-order valence-electron chi connectivity index (χ1n) is 5.88. The van der Waals surface area contributed by atoms with E-state index in [2.05, 4.69) is 0 Å². The third-order valence-electron chi connectivity index (χ3n) is 1.88. The van der Waals surface area contributed by atoms with Gasteiger partial charge < -0.3 is 4.90 Å². The van der Waals surface area contributed by atoms with Gasteiger partial charge in [0.1, 0.15) is 0 Å². The second-order valence-electron chi connectivity index (χ2n) is 2.66. The Morgan fingerprint density at radius 3 is 1.71 bits per heavy atom. The van der Waals surface area contributed by atoms with Crippen molar-refractivity contribution in [3.63, 3.8) is 0 Å². The SMILES string of the molecule is CC.CC.CCC(C)C(=O)N(C)CC. The normalized spacial score (nSPS) is 10.0. The second-order valence-corrected chi connectivity index (χ2v) is 2.66. The van der Waals surface area contributed by atoms with E-state index in [0.717, 1.165) is 13.0 Å². The number of hydrogen-bond donors (Lipinski definition) is 0. The maximum Gasteiger partial charge on any atom is 0.225 e. The summed E-state index contributed by atoms with van der Waals surface area (Å²) in [6.07, 6.45) is 0.934. The lowest BCUT2D eigenvalue weighted by atomic mass is 10.1. The summed E-state index contributed by atoms with van der Waals surface area (Å²) in [5.74, 6) is 0.440. The smallest absolute Gasteiger partial charge is 0.225 e. The number of rotatable bonds is 3. The van der Waals surface area contributed by atoms with Gasteiger partial charge in [0, 0.05) is 19.5 Å². The summed E-state index contributed by atoms with van der Waals surface area (Å²) >= 11 is 0. The van der Waals surface area contributed by atoms with Gasteiger partial charge in [-0.25, -0.2) is 0 Å². The van der Waals surface area contributed by atoms with Crippen molar-refractivity contribution in [1.82, 2.24) is 4.90 Å². The standard InChI is InChI=1S/C8H17NO.2C2H6/c1-5-7(3)8(10)9(4)6-2;2*1-2/h7H,5-6H2,1-4H3;2*1-2H3. The predicted molar refractivity (Wildman–Crippen MR) is 65.5 cm³/mol. The van der Waals surface area contributed by atoms with Crippen LogP contribution in [0.5, 0.6) is 0 Å². The van der Waals surface area contributed by atoms with Gasteiger partial charge in [0.25, 0.3) is 0 Å². The van der Waals surface area contributed by atoms with E-state index >= 15 is 0 Å². The van der Waals surface area contributed by atoms with E-state index in [9.17, 15) is 4.79 Å². The van der Waals surface area contributed by atoms with Crippen LogP contribution in [0.2, 0.25) is 0 Å². The Balaban J connectivity index is -0.000000266. The highest BCUT2D eigenvalue weighted by Crippen LogP contribution is 2.03. The zero-order valence-corrected chi connectivity index (χ0v) is 11.3. The molecule has 1 unspecified atom stereocenters. The number of carbonyl (C=O) groups excluding carboxylic acids is 1. The molecule has 1 amide bonds. The van der Waals surface area contributed by atoms with Gasteiger partial charge >= 0.3 is 0 Å². The second kappa shape index (κ2) is 15.0. The summed E-state index contributed by atoms with van der Waals surface area (Å²) in [6.45, 7) is 14.8. The number of amides is 1. The number of nitrogens with zero attached hydrogens (tertiary/aromatic N) is 1. The van der Waals surface area contributed by atoms with E-state index in [1.165, 1.54) is 0 Å². The van der Waals surface area contributed by atoms with Crippen molar-refractivity contribution in [2.24, 2.45) is 5.92 Å². The quantitative estimate of drug-likeness (QED) is 0.686. The lowest BCUT2D eigenvalue weighted by Gasteiger charge is -2.18. The fourth-order valence-corrected chi connectivity index (χ4v) is 0.707. The molecule has 0 bridgehead atoms. The molecular formula is C12H29NO. The lowest BCUT2D eigenvalue weighted by molar-refractivity contribution is -0.133. The van der Waals surface area contributed by atoms with Gasteiger partial charge in [-0.1, -0.05) is 41.5 Å². The van der Waals surface area contributed by atoms with Crippen LogP contribution in [0.15, 0.2) is 0 Å². The van der Waals surface area contributed by atoms with Crippen LogP contribution in [0.25, 0.3) is 0 Å². The molecule has 0 rings (SSSR count). The highest BCUT2D eigenvalue weighted by Gasteiger charge is 2.12. The Morgan fingerprint density at radius 1 is 1.14 bits per heavy atom. The average Bonchev–Trinajstić information content (AvgIpc) is 2.31. The minimum absolute atomic E-state index is 0.185. The van der Waals surface area contributed by atoms with Gasteiger partial charge in [0.2, 0.25) is 5.91 Å². The van der Waals surface area contributed by atoms with E-state index < -0.39 is 0 Å². The van der Waals surface area contributed by atoms with Crippen molar-refractivity contribution < 1.29 is 4.79 Å². The van der Waals surface area contributed by atoms with Gasteiger partial charge in [-0.3, -0.25) is 4.79 Å². The zero-order valence-electron chi connectivity index (χ0n) is 11.3. The zero-order chi connectivity index (χ0) is 12.1. The lowest BCUT2D eigenvalue weighted by Crippen LogP contribution is -2.30. The maximum atomic E-state index is 11.2. The fourth-order valence-electron chi connectivity index (χ4n) is 0.707. The molecule has 0 radical (unpaired) electrons. The summed E-state index contributed by atoms with van der Waals surface area (Å²) in [4.78, 5) is 13.0. The van der Waals surface area contributed by atoms with Crippen LogP contribution >= 0.6 is 0 Å². The van der Waals surface area contributed by atoms with E-state index in [-0.39, 0.29) is 11.8 Å². The summed E-state index contributed by atoms with van der Waals surface area (Å²) in [7, 11) is 1.84. The molecule has 0 aliphatic heterocycles. The first-order valence-corrected chi connectivity index (χ1v) is 5.88. The van der Waals surface area contributed by atoms with Gasteiger partial charge in [0.05, 0.1) is 0 Å². The van der Waals surface area contributed by atoms with Crippen LogP contribution in [0.3, 0.4) is 0 Å². The van der Waals surface area contributed by atoms with Crippen LogP contribution in [-0.2, 0) is 4.79 Å². The minimum atomic E-state index is 0.185. The van der Waals surface area contributed by atoms with Gasteiger partial charge in [0.15, 0.2) is 0 Å². The molecule has 0 aromatic carbocycles. The maximum absolute atomic E-state index is 11.2. The van der Waals surface area contributed by atoms with Gasteiger partial charge in [-0.05, 0) is 13.3 Å². The predicted octanol–water partition coefficient (Wildman–Crippen LogP) is 3.56. The summed E-state index contributed by atoms with van der Waals surface area (Å²) in [5, 5.41) is 0. The molecule has 0 aromatic heterocycles. The molecule has 0 aliphatic rings. The largest absolute Gasteiger partial charge is 0.346 e. The van der Waals surface area contributed by atoms with E-state index in [0.29, 0.717) is 0 Å². The Labute approximate surface area is 90.7 Å². The van der Waals surface area contributed by atoms with Crippen molar-refractivity contribution in [2.75, 3.05) is 13.6 Å². The van der Waals surface area contributed by atoms with Gasteiger partial charge in [-0.2, -0.15) is 0 Å². The Morgan fingerprint density at radius 2 is 1.50 bits per heavy atom. The van der Waals surface area contributed by atoms with Crippen LogP contribution in [-0.4, -0.2) is 24.4 Å². The fraction of sp³-hybridized carbons (Fsp3) is 0.917. The molecule has 0 heterocycles. The molecule has 0 saturated heterocycles. The third kappa shape index (κ3) is 9.56. The molecule has 88 valence electrons. The molecule has 14 heavy (non-hydrogen) atoms. The topological polar surface area (TPSA) is 20.3 Å². The first-order chi connectivity index (χ1) is 6.63. The van der Waals surface area contributed by atoms with Crippen LogP contribution < -0.4 is 0 Å². The molecule has 0 fully saturated rings. The Bertz CT molecular complexity index is 101. The molecule has 0 N–H and O–H groups in total. The first kappa shape index (κ1) is 19.1. The molecule has 2 nitrogen and oxygen atoms in total. The van der Waals surface area contributed by atoms with E-state index in [1.807, 2.05) is 55.5 Å². The molecule has 0 spiro atoms. The monoisotopic (exact) mass is 203 g/mol. The van der Waals surface area contributed by atoms with Crippen molar-refractivity contribution in [1.29, 1.82) is 0 Å². The molecule has 0 aromatic rings. The third-order valence-corrected chi connectivity index (χ3v) is 1.88. The summed E-state index contributed by atoms with van der Waals surface area (Å²) < 4.78 is 0. The summed E-state index contributed by atoms with van der Waals surface area (Å²) in [6, 6.07) is 0. The molecule has 0 aliphatic carbocycles. The van der Waals surface area contributed by atoms with E-state index in [1.54, 1.807) is 4.90 Å². The highest BCUT2D eigenvalue weighted by molar-refractivity contribution is 5.78. The Hall–Kier alpha value is -0.530. The minimum Gasteiger partial charge on any atom is -0.346 e. The molecule has 1 atom stereocenters. The molecular weight excluding hydrogens is 174 g/mol. The number of carbonyl (C=O) groups is 1. The number of hydrogen-bond acceptors (Lipinski definition) is 1. The van der Waals surface area contributed by atoms with Crippen molar-refractivity contribution in [2.45, 2.75) is 54.9 Å². The van der Waals surface area contributed by atoms with Crippen LogP contribution in [0.1, 0.15) is 54.9 Å². The van der Waals surface area contributed by atoms with Crippen LogP contribution in [0.4, 0.5) is 0 Å². The van der Waals surface area contributed by atoms with E-state index in [4.69, 9.17) is 0 Å². The summed E-state index contributed by atoms with van der Waals surface area (Å²) in [5.41, 5.74) is 0. The van der Waals surface area contributed by atoms with Crippen molar-refractivity contribution in [3.8, 4) is 0 Å². The highest BCUT2D eigenvalue weighted by atomic mass is 16.2. The average molecular weight is 203 g/mol. The van der Waals surface area contributed by atoms with Crippen molar-refractivity contribution in [3.05, 3.63) is 0 Å². The molecule has 2 heteroatoms. The Kier molecular flexibility index (Phi) is 20.4. The van der Waals surface area contributed by atoms with Crippen LogP contribution in [0, 0.1) is 5.92 Å². The van der Waals surface area contributed by atoms with Crippen molar-refractivity contribution >= 4 is 5.91 Å². The van der Waals surface area contributed by atoms with Gasteiger partial charge in [-0.15, -0.1) is 0 Å². The molecule has 0 saturated carbocycles.